The van der Waals surface area contributed by atoms with Gasteiger partial charge in [-0.25, -0.2) is 8.78 Å². The number of aliphatic carboxylic acids is 3. The minimum atomic E-state index is -3.19. The van der Waals surface area contributed by atoms with Crippen molar-refractivity contribution in [2.24, 2.45) is 10.9 Å². The summed E-state index contributed by atoms with van der Waals surface area (Å²) in [5.74, 6) is -7.57. The van der Waals surface area contributed by atoms with Gasteiger partial charge >= 0.3 is 17.9 Å². The predicted molar refractivity (Wildman–Crippen MR) is 361 cm³/mol. The Morgan fingerprint density at radius 3 is 1.91 bits per heavy atom. The zero-order chi connectivity index (χ0) is 68.6. The van der Waals surface area contributed by atoms with Crippen LogP contribution in [0.3, 0.4) is 0 Å². The summed E-state index contributed by atoms with van der Waals surface area (Å²) in [7, 11) is 0. The van der Waals surface area contributed by atoms with E-state index in [0.717, 1.165) is 46.1 Å². The van der Waals surface area contributed by atoms with Crippen LogP contribution in [0, 0.1) is 20.8 Å². The summed E-state index contributed by atoms with van der Waals surface area (Å²) in [6.07, 6.45) is 5.21. The number of carbonyl (C=O) groups is 9. The third-order valence-electron chi connectivity index (χ3n) is 16.1. The molecule has 0 unspecified atom stereocenters. The van der Waals surface area contributed by atoms with Gasteiger partial charge in [-0.05, 0) is 117 Å². The number of amides is 6. The van der Waals surface area contributed by atoms with Crippen LogP contribution in [0.25, 0.3) is 5.57 Å². The first-order chi connectivity index (χ1) is 44.9. The molecule has 0 spiro atoms. The molecule has 26 nitrogen and oxygen atoms in total. The quantitative estimate of drug-likeness (QED) is 0.0210. The second-order valence-corrected chi connectivity index (χ2v) is 26.8. The van der Waals surface area contributed by atoms with E-state index in [0.29, 0.717) is 79.9 Å². The van der Waals surface area contributed by atoms with E-state index in [2.05, 4.69) is 55.6 Å². The first kappa shape index (κ1) is 78.2. The number of rotatable bonds is 36. The highest BCUT2D eigenvalue weighted by atomic mass is 127. The standard InChI is InChI=1S/C63H89F2IN12O14S2/c1-3-49(60(89)71-36-56(82)78-43-63(64,65)34-47(78)35-67)50-33-48(14-15-51(50)68-2)92-30-5-4-7-45-16-20-77(21-17-45)62(91)53(79)42-94-32-19-70-61(90)52(41-93-31-18-69-54(80)9-6-8-44-10-12-46(66)13-11-44)72-55(81)37-73-22-24-74(38-57(83)84)26-28-76(40-59(87)88)29-27-75(25-23-73)39-58(85)86/h3,10-15,33,45,47,52-53,79H,2,4-9,16-32,34,36-43H2,1H3,(H,69,80)(H,70,90)(H,71,89)(H,72,81)(H,83,84)(H,85,86)(H,87,88)/b49-3+/t47-,52+,53-/m1/s1. The molecule has 0 radical (unpaired) electrons. The Balaban J connectivity index is 1.05. The molecule has 3 aliphatic rings. The molecular weight excluding hydrogens is 1380 g/mol. The smallest absolute Gasteiger partial charge is 0.317 e. The number of benzene rings is 2. The highest BCUT2D eigenvalue weighted by molar-refractivity contribution is 14.1. The number of carbonyl (C=O) groups excluding carboxylic acids is 6. The fourth-order valence-electron chi connectivity index (χ4n) is 11.0. The maximum atomic E-state index is 13.9. The average Bonchev–Trinajstić information content (AvgIpc) is 1.09. The number of aryl methyl sites for hydroxylation is 1. The van der Waals surface area contributed by atoms with Crippen LogP contribution in [0.2, 0.25) is 0 Å². The lowest BCUT2D eigenvalue weighted by atomic mass is 9.91. The van der Waals surface area contributed by atoms with E-state index in [-0.39, 0.29) is 114 Å². The number of unbranched alkanes of at least 4 members (excludes halogenated alkanes) is 1. The van der Waals surface area contributed by atoms with Gasteiger partial charge in [-0.15, -0.1) is 0 Å². The summed E-state index contributed by atoms with van der Waals surface area (Å²) in [5.41, 5.74) is 2.05. The number of hydrogen-bond acceptors (Lipinski definition) is 19. The van der Waals surface area contributed by atoms with Crippen LogP contribution >= 0.6 is 46.1 Å². The van der Waals surface area contributed by atoms with Gasteiger partial charge in [0.1, 0.15) is 23.9 Å². The van der Waals surface area contributed by atoms with Gasteiger partial charge < -0.3 is 56.2 Å². The molecule has 0 aliphatic carbocycles. The van der Waals surface area contributed by atoms with Crippen molar-refractivity contribution in [1.82, 2.24) is 50.7 Å². The van der Waals surface area contributed by atoms with Gasteiger partial charge in [0.2, 0.25) is 23.6 Å². The lowest BCUT2D eigenvalue weighted by Gasteiger charge is -2.33. The first-order valence-electron chi connectivity index (χ1n) is 31.5. The molecule has 0 aromatic heterocycles. The number of ether oxygens (including phenoxy) is 1. The Hall–Kier alpha value is -6.54. The van der Waals surface area contributed by atoms with Gasteiger partial charge in [0.15, 0.2) is 0 Å². The molecule has 0 bridgehead atoms. The highest BCUT2D eigenvalue weighted by Gasteiger charge is 2.47. The second-order valence-electron chi connectivity index (χ2n) is 23.3. The number of likely N-dealkylation sites (tertiary alicyclic amines) is 2. The fourth-order valence-corrected chi connectivity index (χ4v) is 13.0. The summed E-state index contributed by atoms with van der Waals surface area (Å²) in [4.78, 5) is 128. The molecule has 31 heteroatoms. The third-order valence-corrected chi connectivity index (χ3v) is 18.9. The van der Waals surface area contributed by atoms with Crippen molar-refractivity contribution < 1.29 is 77.1 Å². The number of allylic oxidation sites excluding steroid dienone is 1. The molecule has 5 rings (SSSR count). The van der Waals surface area contributed by atoms with Crippen molar-refractivity contribution in [2.45, 2.75) is 88.8 Å². The number of aliphatic imine (C=N–C) groups is 1. The number of nitriles is 1. The van der Waals surface area contributed by atoms with E-state index in [1.165, 1.54) is 29.6 Å². The van der Waals surface area contributed by atoms with Crippen molar-refractivity contribution in [1.29, 1.82) is 5.26 Å². The number of carboxylic acid groups (broad SMARTS) is 3. The average molecular weight is 1470 g/mol. The molecule has 3 aliphatic heterocycles. The molecule has 0 saturated carbocycles. The maximum absolute atomic E-state index is 13.9. The van der Waals surface area contributed by atoms with Crippen LogP contribution in [0.15, 0.2) is 53.5 Å². The van der Waals surface area contributed by atoms with Crippen molar-refractivity contribution in [3.63, 3.8) is 0 Å². The third kappa shape index (κ3) is 28.8. The number of thioether (sulfide) groups is 2. The molecular formula is C63H89F2IN12O14S2. The molecule has 3 atom stereocenters. The molecule has 3 fully saturated rings. The number of nitrogens with one attached hydrogen (secondary N) is 4. The van der Waals surface area contributed by atoms with Crippen molar-refractivity contribution in [3.05, 3.63) is 63.2 Å². The molecule has 94 heavy (non-hydrogen) atoms. The number of alkyl halides is 2. The summed E-state index contributed by atoms with van der Waals surface area (Å²) in [6, 6.07) is 12.5. The topological polar surface area (TPSA) is 347 Å². The Bertz CT molecular complexity index is 2910. The monoisotopic (exact) mass is 1470 g/mol. The summed E-state index contributed by atoms with van der Waals surface area (Å²) in [6.45, 7) is 5.93. The summed E-state index contributed by atoms with van der Waals surface area (Å²) in [5, 5.41) is 60.2. The van der Waals surface area contributed by atoms with Gasteiger partial charge in [0.25, 0.3) is 17.7 Å². The van der Waals surface area contributed by atoms with Crippen LogP contribution in [-0.2, 0) is 49.6 Å². The summed E-state index contributed by atoms with van der Waals surface area (Å²) >= 11 is 4.88. The normalized spacial score (nSPS) is 17.9. The van der Waals surface area contributed by atoms with E-state index in [4.69, 9.17) is 4.74 Å². The number of halogens is 3. The van der Waals surface area contributed by atoms with Crippen LogP contribution in [-0.4, -0.2) is 281 Å². The molecule has 8 N–H and O–H groups in total. The van der Waals surface area contributed by atoms with Crippen molar-refractivity contribution in [2.75, 3.05) is 147 Å². The molecule has 3 heterocycles. The molecule has 2 aromatic carbocycles. The van der Waals surface area contributed by atoms with Crippen LogP contribution in [0.1, 0.15) is 69.4 Å². The van der Waals surface area contributed by atoms with E-state index in [1.54, 1.807) is 55.7 Å². The van der Waals surface area contributed by atoms with E-state index in [9.17, 15) is 77.6 Å². The lowest BCUT2D eigenvalue weighted by molar-refractivity contribution is -0.140. The van der Waals surface area contributed by atoms with Gasteiger partial charge in [0, 0.05) is 129 Å². The van der Waals surface area contributed by atoms with Gasteiger partial charge in [-0.1, -0.05) is 24.6 Å². The van der Waals surface area contributed by atoms with Gasteiger partial charge in [-0.2, -0.15) is 28.8 Å². The SMILES string of the molecule is C=Nc1ccc(OCCCCC2CCN(C(=O)[C@H](O)CSCCNC(=O)[C@H](CSCCNC(=O)CCCc3ccc(I)cc3)NC(=O)CN3CCN(CC(=O)O)CCN(CC(=O)O)CCN(CC(=O)O)CC3)CC2)cc1/C(=C\C)C(=O)NCC(=O)N1CC(F)(F)C[C@@H]1C#N. The Labute approximate surface area is 569 Å². The first-order valence-corrected chi connectivity index (χ1v) is 34.9. The van der Waals surface area contributed by atoms with E-state index < -0.39 is 85.2 Å². The van der Waals surface area contributed by atoms with Gasteiger partial charge in [0.05, 0.1) is 57.6 Å². The van der Waals surface area contributed by atoms with Crippen molar-refractivity contribution >= 4 is 117 Å². The lowest BCUT2D eigenvalue weighted by Crippen LogP contribution is -2.53. The number of carboxylic acids is 3. The minimum absolute atomic E-state index is 0.0833. The van der Waals surface area contributed by atoms with Gasteiger partial charge in [-0.3, -0.25) is 67.7 Å². The molecule has 518 valence electrons. The van der Waals surface area contributed by atoms with E-state index in [1.807, 2.05) is 24.3 Å². The van der Waals surface area contributed by atoms with E-state index >= 15 is 0 Å². The summed E-state index contributed by atoms with van der Waals surface area (Å²) < 4.78 is 35.0. The number of aliphatic hydroxyl groups is 1. The Morgan fingerprint density at radius 2 is 1.35 bits per heavy atom. The number of aliphatic hydroxyl groups excluding tert-OH is 1. The fraction of sp³-hybridized carbons (Fsp3) is 0.603. The number of hydrogen-bond donors (Lipinski definition) is 8. The molecule has 2 aromatic rings. The number of nitrogens with zero attached hydrogens (tertiary/aromatic N) is 8. The maximum Gasteiger partial charge on any atom is 0.317 e. The zero-order valence-electron chi connectivity index (χ0n) is 53.2. The minimum Gasteiger partial charge on any atom is -0.494 e. The van der Waals surface area contributed by atoms with Crippen LogP contribution in [0.5, 0.6) is 5.75 Å². The zero-order valence-corrected chi connectivity index (χ0v) is 57.0. The van der Waals surface area contributed by atoms with Crippen molar-refractivity contribution in [3.8, 4) is 11.8 Å². The van der Waals surface area contributed by atoms with Crippen LogP contribution < -0.4 is 26.0 Å². The molecule has 3 saturated heterocycles. The Kier molecular flexibility index (Phi) is 34.4. The molecule has 6 amide bonds. The largest absolute Gasteiger partial charge is 0.494 e. The number of piperidine rings is 1. The van der Waals surface area contributed by atoms with Crippen LogP contribution in [0.4, 0.5) is 14.5 Å². The second kappa shape index (κ2) is 41.4. The Morgan fingerprint density at radius 1 is 0.777 bits per heavy atom. The highest BCUT2D eigenvalue weighted by Crippen LogP contribution is 2.33. The predicted octanol–water partition coefficient (Wildman–Crippen LogP) is 2.73.